The summed E-state index contributed by atoms with van der Waals surface area (Å²) < 4.78 is 6.95. The van der Waals surface area contributed by atoms with E-state index in [0.29, 0.717) is 6.54 Å². The number of aromatic nitrogens is 2. The highest BCUT2D eigenvalue weighted by molar-refractivity contribution is 6.32. The first-order chi connectivity index (χ1) is 7.66. The highest BCUT2D eigenvalue weighted by atomic mass is 35.5. The fourth-order valence-electron chi connectivity index (χ4n) is 1.77. The predicted molar refractivity (Wildman–Crippen MR) is 57.5 cm³/mol. The molecule has 0 radical (unpaired) electrons. The molecule has 7 heteroatoms. The summed E-state index contributed by atoms with van der Waals surface area (Å²) in [6.07, 6.45) is 4.69. The van der Waals surface area contributed by atoms with Crippen LogP contribution in [0.1, 0.15) is 19.3 Å². The smallest absolute Gasteiger partial charge is 0.378 e. The molecule has 1 atom stereocenters. The van der Waals surface area contributed by atoms with Crippen LogP contribution in [0.4, 0.5) is 5.82 Å². The number of nitrogens with zero attached hydrogens (tertiary/aromatic N) is 3. The zero-order valence-electron chi connectivity index (χ0n) is 8.63. The molecule has 0 spiro atoms. The lowest BCUT2D eigenvalue weighted by Crippen LogP contribution is -2.10. The van der Waals surface area contributed by atoms with Crippen molar-refractivity contribution in [1.82, 2.24) is 9.78 Å². The number of aryl methyl sites for hydroxylation is 1. The van der Waals surface area contributed by atoms with Gasteiger partial charge in [0.25, 0.3) is 0 Å². The first-order valence-corrected chi connectivity index (χ1v) is 5.53. The Morgan fingerprint density at radius 1 is 1.75 bits per heavy atom. The van der Waals surface area contributed by atoms with Crippen molar-refractivity contribution in [2.45, 2.75) is 31.9 Å². The monoisotopic (exact) mass is 245 g/mol. The topological polar surface area (TPSA) is 70.2 Å². The molecule has 1 aromatic rings. The third kappa shape index (κ3) is 2.51. The number of halogens is 1. The summed E-state index contributed by atoms with van der Waals surface area (Å²) in [6, 6.07) is 0. The lowest BCUT2D eigenvalue weighted by atomic mass is 10.2. The zero-order valence-corrected chi connectivity index (χ0v) is 9.39. The summed E-state index contributed by atoms with van der Waals surface area (Å²) in [7, 11) is 0. The number of ether oxygens (including phenoxy) is 1. The van der Waals surface area contributed by atoms with Crippen LogP contribution < -0.4 is 0 Å². The Kier molecular flexibility index (Phi) is 3.40. The maximum atomic E-state index is 10.5. The second-order valence-electron chi connectivity index (χ2n) is 3.74. The number of nitro groups is 1. The normalized spacial score (nSPS) is 20.2. The Morgan fingerprint density at radius 3 is 3.12 bits per heavy atom. The summed E-state index contributed by atoms with van der Waals surface area (Å²) in [5.74, 6) is -0.283. The van der Waals surface area contributed by atoms with Crippen molar-refractivity contribution in [2.75, 3.05) is 6.61 Å². The molecule has 6 nitrogen and oxygen atoms in total. The van der Waals surface area contributed by atoms with Gasteiger partial charge in [-0.1, -0.05) is 11.6 Å². The van der Waals surface area contributed by atoms with E-state index in [9.17, 15) is 10.1 Å². The molecule has 2 rings (SSSR count). The molecule has 0 bridgehead atoms. The Morgan fingerprint density at radius 2 is 2.56 bits per heavy atom. The quantitative estimate of drug-likeness (QED) is 0.601. The van der Waals surface area contributed by atoms with Crippen molar-refractivity contribution in [3.05, 3.63) is 21.3 Å². The largest absolute Gasteiger partial charge is 0.408 e. The molecule has 1 aromatic heterocycles. The fourth-order valence-corrected chi connectivity index (χ4v) is 1.99. The average molecular weight is 246 g/mol. The maximum absolute atomic E-state index is 10.5. The Hall–Kier alpha value is -1.14. The zero-order chi connectivity index (χ0) is 11.5. The third-order valence-electron chi connectivity index (χ3n) is 2.58. The van der Waals surface area contributed by atoms with Crippen molar-refractivity contribution in [3.8, 4) is 0 Å². The molecule has 16 heavy (non-hydrogen) atoms. The van der Waals surface area contributed by atoms with Crippen LogP contribution in [-0.2, 0) is 11.3 Å². The molecule has 0 N–H and O–H groups in total. The van der Waals surface area contributed by atoms with Gasteiger partial charge in [-0.3, -0.25) is 0 Å². The Balaban J connectivity index is 1.94. The van der Waals surface area contributed by atoms with Crippen LogP contribution in [0, 0.1) is 10.1 Å². The number of hydrogen-bond donors (Lipinski definition) is 0. The van der Waals surface area contributed by atoms with Gasteiger partial charge in [-0.15, -0.1) is 0 Å². The van der Waals surface area contributed by atoms with Crippen molar-refractivity contribution >= 4 is 17.4 Å². The molecule has 0 saturated carbocycles. The van der Waals surface area contributed by atoms with Crippen LogP contribution in [0.2, 0.25) is 5.02 Å². The molecule has 1 aliphatic rings. The summed E-state index contributed by atoms with van der Waals surface area (Å²) >= 11 is 5.68. The van der Waals surface area contributed by atoms with E-state index in [1.165, 1.54) is 10.9 Å². The molecule has 2 heterocycles. The van der Waals surface area contributed by atoms with Crippen LogP contribution in [-0.4, -0.2) is 27.4 Å². The molecule has 1 unspecified atom stereocenters. The van der Waals surface area contributed by atoms with E-state index < -0.39 is 4.92 Å². The molecule has 1 aliphatic heterocycles. The highest BCUT2D eigenvalue weighted by Gasteiger charge is 2.20. The SMILES string of the molecule is O=[N+]([O-])c1nn(CCC2CCCO2)cc1Cl. The van der Waals surface area contributed by atoms with Crippen LogP contribution in [0.25, 0.3) is 0 Å². The highest BCUT2D eigenvalue weighted by Crippen LogP contribution is 2.22. The minimum absolute atomic E-state index is 0.0809. The molecule has 0 aromatic carbocycles. The van der Waals surface area contributed by atoms with Gasteiger partial charge >= 0.3 is 5.82 Å². The van der Waals surface area contributed by atoms with Crippen molar-refractivity contribution in [3.63, 3.8) is 0 Å². The van der Waals surface area contributed by atoms with Crippen LogP contribution in [0.3, 0.4) is 0 Å². The summed E-state index contributed by atoms with van der Waals surface area (Å²) in [5, 5.41) is 14.4. The van der Waals surface area contributed by atoms with Gasteiger partial charge in [0.15, 0.2) is 5.02 Å². The first-order valence-electron chi connectivity index (χ1n) is 5.16. The lowest BCUT2D eigenvalue weighted by molar-refractivity contribution is -0.389. The van der Waals surface area contributed by atoms with Gasteiger partial charge in [0, 0.05) is 6.61 Å². The van der Waals surface area contributed by atoms with Crippen molar-refractivity contribution < 1.29 is 9.66 Å². The lowest BCUT2D eigenvalue weighted by Gasteiger charge is -2.06. The van der Waals surface area contributed by atoms with Crippen LogP contribution in [0.15, 0.2) is 6.20 Å². The molecule has 0 amide bonds. The Bertz CT molecular complexity index is 387. The first kappa shape index (κ1) is 11.3. The van der Waals surface area contributed by atoms with E-state index in [1.54, 1.807) is 0 Å². The van der Waals surface area contributed by atoms with Crippen LogP contribution in [0.5, 0.6) is 0 Å². The molecule has 1 fully saturated rings. The second-order valence-corrected chi connectivity index (χ2v) is 4.15. The fraction of sp³-hybridized carbons (Fsp3) is 0.667. The summed E-state index contributed by atoms with van der Waals surface area (Å²) in [4.78, 5) is 9.94. The number of hydrogen-bond acceptors (Lipinski definition) is 4. The summed E-state index contributed by atoms with van der Waals surface area (Å²) in [6.45, 7) is 1.41. The van der Waals surface area contributed by atoms with E-state index in [2.05, 4.69) is 5.10 Å². The second kappa shape index (κ2) is 4.80. The molecule has 1 saturated heterocycles. The van der Waals surface area contributed by atoms with Gasteiger partial charge in [-0.25, -0.2) is 0 Å². The minimum atomic E-state index is -0.578. The maximum Gasteiger partial charge on any atom is 0.408 e. The van der Waals surface area contributed by atoms with Gasteiger partial charge < -0.3 is 14.9 Å². The van der Waals surface area contributed by atoms with Gasteiger partial charge in [-0.05, 0) is 24.2 Å². The molecule has 88 valence electrons. The molecular weight excluding hydrogens is 234 g/mol. The van der Waals surface area contributed by atoms with Crippen molar-refractivity contribution in [1.29, 1.82) is 0 Å². The van der Waals surface area contributed by atoms with E-state index >= 15 is 0 Å². The van der Waals surface area contributed by atoms with E-state index in [-0.39, 0.29) is 16.9 Å². The minimum Gasteiger partial charge on any atom is -0.378 e. The average Bonchev–Trinajstić information content (AvgIpc) is 2.83. The van der Waals surface area contributed by atoms with Gasteiger partial charge in [0.05, 0.1) is 23.9 Å². The third-order valence-corrected chi connectivity index (χ3v) is 2.84. The molecule has 0 aliphatic carbocycles. The summed E-state index contributed by atoms with van der Waals surface area (Å²) in [5.41, 5.74) is 0. The van der Waals surface area contributed by atoms with Gasteiger partial charge in [0.1, 0.15) is 0 Å². The number of rotatable bonds is 4. The Labute approximate surface area is 97.3 Å². The van der Waals surface area contributed by atoms with E-state index in [1.807, 2.05) is 0 Å². The molecular formula is C9H12ClN3O3. The van der Waals surface area contributed by atoms with E-state index in [4.69, 9.17) is 16.3 Å². The van der Waals surface area contributed by atoms with Crippen molar-refractivity contribution in [2.24, 2.45) is 0 Å². The van der Waals surface area contributed by atoms with E-state index in [0.717, 1.165) is 25.9 Å². The van der Waals surface area contributed by atoms with Gasteiger partial charge in [0.2, 0.25) is 0 Å². The van der Waals surface area contributed by atoms with Crippen LogP contribution >= 0.6 is 11.6 Å². The predicted octanol–water partition coefficient (Wildman–Crippen LogP) is 2.01. The standard InChI is InChI=1S/C9H12ClN3O3/c10-8-6-12(11-9(8)13(14)15)4-3-7-2-1-5-16-7/h6-7H,1-5H2. The van der Waals surface area contributed by atoms with Gasteiger partial charge in [-0.2, -0.15) is 4.68 Å².